The zero-order valence-electron chi connectivity index (χ0n) is 34.0. The number of aromatic hydroxyl groups is 1. The molecule has 6 heteroatoms. The third-order valence-corrected chi connectivity index (χ3v) is 11.4. The van der Waals surface area contributed by atoms with Crippen LogP contribution in [0.3, 0.4) is 0 Å². The number of rotatable bonds is 4. The smallest absolute Gasteiger partial charge is 0.148 e. The molecule has 4 heterocycles. The molecule has 0 aliphatic rings. The van der Waals surface area contributed by atoms with Gasteiger partial charge in [0.2, 0.25) is 0 Å². The molecule has 0 fully saturated rings. The van der Waals surface area contributed by atoms with Crippen molar-refractivity contribution in [2.45, 2.75) is 73.1 Å². The zero-order chi connectivity index (χ0) is 39.3. The van der Waals surface area contributed by atoms with E-state index in [1.54, 1.807) is 0 Å². The van der Waals surface area contributed by atoms with Gasteiger partial charge in [-0.25, -0.2) is 4.98 Å². The number of phenols is 1. The molecule has 4 aromatic heterocycles. The second-order valence-electron chi connectivity index (χ2n) is 17.5. The van der Waals surface area contributed by atoms with Gasteiger partial charge in [0.15, 0.2) is 0 Å². The molecular weight excluding hydrogens is 880 g/mol. The number of pyridine rings is 2. The van der Waals surface area contributed by atoms with Crippen LogP contribution in [-0.2, 0) is 31.9 Å². The van der Waals surface area contributed by atoms with Crippen molar-refractivity contribution in [1.29, 1.82) is 0 Å². The molecule has 0 saturated heterocycles. The summed E-state index contributed by atoms with van der Waals surface area (Å²) in [5.41, 5.74) is 15.8. The monoisotopic (exact) mass is 926 g/mol. The number of para-hydroxylation sites is 1. The van der Waals surface area contributed by atoms with E-state index < -0.39 is 0 Å². The van der Waals surface area contributed by atoms with E-state index in [2.05, 4.69) is 187 Å². The molecule has 0 unspecified atom stereocenters. The molecule has 0 saturated carbocycles. The fourth-order valence-electron chi connectivity index (χ4n) is 8.43. The van der Waals surface area contributed by atoms with Gasteiger partial charge in [-0.05, 0) is 83.8 Å². The Kier molecular flexibility index (Phi) is 9.32. The minimum Gasteiger partial charge on any atom is -0.507 e. The Morgan fingerprint density at radius 3 is 2.16 bits per heavy atom. The van der Waals surface area contributed by atoms with Gasteiger partial charge in [0.25, 0.3) is 0 Å². The predicted octanol–water partition coefficient (Wildman–Crippen LogP) is 13.0. The van der Waals surface area contributed by atoms with Gasteiger partial charge >= 0.3 is 0 Å². The van der Waals surface area contributed by atoms with Crippen molar-refractivity contribution in [3.8, 4) is 45.1 Å². The normalized spacial score (nSPS) is 12.2. The first kappa shape index (κ1) is 38.4. The van der Waals surface area contributed by atoms with Crippen LogP contribution >= 0.6 is 0 Å². The van der Waals surface area contributed by atoms with Crippen LogP contribution in [0.15, 0.2) is 116 Å². The van der Waals surface area contributed by atoms with Crippen molar-refractivity contribution in [2.24, 2.45) is 0 Å². The molecule has 9 aromatic rings. The van der Waals surface area contributed by atoms with Gasteiger partial charge in [-0.2, -0.15) is 0 Å². The van der Waals surface area contributed by atoms with Crippen molar-refractivity contribution in [1.82, 2.24) is 18.9 Å². The first-order valence-electron chi connectivity index (χ1n) is 19.5. The molecular formula is C51H47N4OPt-. The number of benzene rings is 5. The van der Waals surface area contributed by atoms with Crippen LogP contribution in [0.4, 0.5) is 0 Å². The molecule has 0 radical (unpaired) electrons. The SMILES string of the molecule is Cc1ccc(-n2c(-c3cc(C(C)(C)C)cc(C(C)(C)C)c3O)nc3c(-c4[c-]c5c6nccc(C)c6n6cccc6c5c(C)c4)cccc32)c(-c2ccccc2)c1.[Pt]. The van der Waals surface area contributed by atoms with Crippen LogP contribution in [0.5, 0.6) is 5.75 Å². The molecule has 9 rings (SSSR count). The molecule has 0 amide bonds. The van der Waals surface area contributed by atoms with E-state index in [0.717, 1.165) is 83.0 Å². The number of hydrogen-bond acceptors (Lipinski definition) is 3. The Bertz CT molecular complexity index is 3030. The van der Waals surface area contributed by atoms with E-state index >= 15 is 0 Å². The van der Waals surface area contributed by atoms with Gasteiger partial charge in [-0.1, -0.05) is 125 Å². The van der Waals surface area contributed by atoms with Gasteiger partial charge in [0.05, 0.1) is 22.3 Å². The minimum absolute atomic E-state index is 0. The van der Waals surface area contributed by atoms with Gasteiger partial charge in [0, 0.05) is 61.1 Å². The van der Waals surface area contributed by atoms with Gasteiger partial charge in [-0.3, -0.25) is 9.55 Å². The van der Waals surface area contributed by atoms with E-state index in [0.29, 0.717) is 11.4 Å². The van der Waals surface area contributed by atoms with Gasteiger partial charge < -0.3 is 9.51 Å². The fraction of sp³-hybridized carbons (Fsp3) is 0.216. The van der Waals surface area contributed by atoms with Gasteiger partial charge in [0.1, 0.15) is 11.6 Å². The van der Waals surface area contributed by atoms with Crippen LogP contribution in [0.25, 0.3) is 77.7 Å². The number of phenolic OH excluding ortho intramolecular Hbond substituents is 1. The Morgan fingerprint density at radius 1 is 0.667 bits per heavy atom. The Hall–Kier alpha value is -5.51. The van der Waals surface area contributed by atoms with E-state index in [1.807, 2.05) is 6.20 Å². The van der Waals surface area contributed by atoms with Crippen LogP contribution in [0.1, 0.15) is 69.4 Å². The average Bonchev–Trinajstić information content (AvgIpc) is 3.80. The first-order valence-corrected chi connectivity index (χ1v) is 19.5. The van der Waals surface area contributed by atoms with E-state index in [9.17, 15) is 5.11 Å². The fourth-order valence-corrected chi connectivity index (χ4v) is 8.43. The van der Waals surface area contributed by atoms with Crippen LogP contribution in [0.2, 0.25) is 0 Å². The maximum atomic E-state index is 12.4. The molecule has 0 bridgehead atoms. The summed E-state index contributed by atoms with van der Waals surface area (Å²) in [5, 5.41) is 14.5. The maximum absolute atomic E-state index is 12.4. The third-order valence-electron chi connectivity index (χ3n) is 11.4. The summed E-state index contributed by atoms with van der Waals surface area (Å²) in [7, 11) is 0. The van der Waals surface area contributed by atoms with Crippen molar-refractivity contribution < 1.29 is 26.2 Å². The molecule has 5 aromatic carbocycles. The van der Waals surface area contributed by atoms with E-state index in [-0.39, 0.29) is 37.6 Å². The number of hydrogen-bond donors (Lipinski definition) is 1. The Labute approximate surface area is 349 Å². The summed E-state index contributed by atoms with van der Waals surface area (Å²) in [4.78, 5) is 10.5. The minimum atomic E-state index is -0.306. The third kappa shape index (κ3) is 6.28. The van der Waals surface area contributed by atoms with Crippen LogP contribution < -0.4 is 0 Å². The molecule has 0 aliphatic carbocycles. The quantitative estimate of drug-likeness (QED) is 0.141. The number of fused-ring (bicyclic) bond motifs is 7. The summed E-state index contributed by atoms with van der Waals surface area (Å²) >= 11 is 0. The molecule has 0 aliphatic heterocycles. The second kappa shape index (κ2) is 13.8. The average molecular weight is 927 g/mol. The van der Waals surface area contributed by atoms with Crippen molar-refractivity contribution >= 4 is 38.4 Å². The predicted molar refractivity (Wildman–Crippen MR) is 233 cm³/mol. The summed E-state index contributed by atoms with van der Waals surface area (Å²) in [6, 6.07) is 40.4. The summed E-state index contributed by atoms with van der Waals surface area (Å²) in [5.74, 6) is 0.951. The number of imidazole rings is 1. The zero-order valence-corrected chi connectivity index (χ0v) is 36.3. The molecule has 57 heavy (non-hydrogen) atoms. The molecule has 1 N–H and O–H groups in total. The van der Waals surface area contributed by atoms with Gasteiger partial charge in [-0.15, -0.1) is 23.3 Å². The summed E-state index contributed by atoms with van der Waals surface area (Å²) in [6.07, 6.45) is 4.02. The largest absolute Gasteiger partial charge is 0.507 e. The molecule has 5 nitrogen and oxygen atoms in total. The Morgan fingerprint density at radius 2 is 1.42 bits per heavy atom. The summed E-state index contributed by atoms with van der Waals surface area (Å²) < 4.78 is 4.51. The maximum Gasteiger partial charge on any atom is 0.148 e. The summed E-state index contributed by atoms with van der Waals surface area (Å²) in [6.45, 7) is 19.6. The van der Waals surface area contributed by atoms with E-state index in [1.165, 1.54) is 11.1 Å². The topological polar surface area (TPSA) is 55.3 Å². The van der Waals surface area contributed by atoms with E-state index in [4.69, 9.17) is 9.97 Å². The number of aryl methyl sites for hydroxylation is 3. The second-order valence-corrected chi connectivity index (χ2v) is 17.5. The molecule has 288 valence electrons. The van der Waals surface area contributed by atoms with Crippen molar-refractivity contribution in [3.05, 3.63) is 149 Å². The van der Waals surface area contributed by atoms with Crippen LogP contribution in [-0.4, -0.2) is 24.0 Å². The molecule has 0 spiro atoms. The number of nitrogens with zero attached hydrogens (tertiary/aromatic N) is 4. The number of aromatic nitrogens is 4. The van der Waals surface area contributed by atoms with Crippen molar-refractivity contribution in [3.63, 3.8) is 0 Å². The van der Waals surface area contributed by atoms with Crippen LogP contribution in [0, 0.1) is 26.8 Å². The Balaban J connectivity index is 0.00000455. The standard InChI is InChI=1S/C51H47N4O.Pt/c1-30-20-21-41(37(25-30)33-15-11-10-12-16-33)55-43-18-13-17-36(45(43)53-49(55)39-28-35(50(4,5)6)29-40(48(39)56)51(7,8)9)34-26-32(3)44-38(27-34)46-47(31(2)22-23-52-46)54-24-14-19-42(44)54;/h10-26,28-29,56H,1-9H3;/q-1;. The van der Waals surface area contributed by atoms with Crippen molar-refractivity contribution in [2.75, 3.05) is 0 Å². The first-order chi connectivity index (χ1) is 26.7. The molecule has 0 atom stereocenters.